The molecular weight excluding hydrogens is 360 g/mol. The second kappa shape index (κ2) is 7.23. The number of nitrogens with one attached hydrogen (secondary N) is 2. The van der Waals surface area contributed by atoms with Gasteiger partial charge in [0.05, 0.1) is 11.3 Å². The maximum absolute atomic E-state index is 12.2. The Bertz CT molecular complexity index is 1030. The Labute approximate surface area is 150 Å². The molecule has 0 saturated carbocycles. The van der Waals surface area contributed by atoms with Crippen LogP contribution in [-0.4, -0.2) is 14.3 Å². The van der Waals surface area contributed by atoms with Gasteiger partial charge >= 0.3 is 0 Å². The Morgan fingerprint density at radius 3 is 2.48 bits per heavy atom. The number of amides is 1. The summed E-state index contributed by atoms with van der Waals surface area (Å²) in [7, 11) is -3.88. The van der Waals surface area contributed by atoms with Crippen molar-refractivity contribution in [1.82, 2.24) is 10.3 Å². The van der Waals surface area contributed by atoms with Gasteiger partial charge in [-0.15, -0.1) is 4.83 Å². The summed E-state index contributed by atoms with van der Waals surface area (Å²) in [4.78, 5) is 14.2. The minimum Gasteiger partial charge on any atom is -0.277 e. The minimum atomic E-state index is -3.88. The topological polar surface area (TPSA) is 75.3 Å². The second-order valence-corrected chi connectivity index (χ2v) is 7.54. The maximum atomic E-state index is 12.2. The summed E-state index contributed by atoms with van der Waals surface area (Å²) in [6.07, 6.45) is 0.0550. The summed E-state index contributed by atoms with van der Waals surface area (Å²) in [6.45, 7) is 0. The van der Waals surface area contributed by atoms with Gasteiger partial charge in [0.25, 0.3) is 10.0 Å². The van der Waals surface area contributed by atoms with Crippen LogP contribution < -0.4 is 10.3 Å². The molecule has 2 N–H and O–H groups in total. The van der Waals surface area contributed by atoms with Crippen molar-refractivity contribution < 1.29 is 13.2 Å². The smallest absolute Gasteiger partial charge is 0.257 e. The summed E-state index contributed by atoms with van der Waals surface area (Å²) >= 11 is 5.80. The van der Waals surface area contributed by atoms with Crippen LogP contribution in [0.15, 0.2) is 71.6 Å². The lowest BCUT2D eigenvalue weighted by molar-refractivity contribution is -0.120. The zero-order chi connectivity index (χ0) is 17.9. The molecule has 7 heteroatoms. The van der Waals surface area contributed by atoms with E-state index < -0.39 is 15.9 Å². The SMILES string of the molecule is O=C(Cc1cccc2ccccc12)NNS(=O)(=O)c1cccc(Cl)c1. The highest BCUT2D eigenvalue weighted by Crippen LogP contribution is 2.19. The number of sulfonamides is 1. The number of fused-ring (bicyclic) bond motifs is 1. The van der Waals surface area contributed by atoms with Crippen LogP contribution in [0.1, 0.15) is 5.56 Å². The fourth-order valence-corrected chi connectivity index (χ4v) is 3.64. The number of carbonyl (C=O) groups is 1. The summed E-state index contributed by atoms with van der Waals surface area (Å²) in [5.74, 6) is -0.457. The molecule has 0 aliphatic rings. The largest absolute Gasteiger partial charge is 0.277 e. The molecule has 5 nitrogen and oxygen atoms in total. The van der Waals surface area contributed by atoms with Gasteiger partial charge in [0.2, 0.25) is 5.91 Å². The van der Waals surface area contributed by atoms with E-state index in [2.05, 4.69) is 10.3 Å². The molecule has 0 aromatic heterocycles. The highest BCUT2D eigenvalue weighted by atomic mass is 35.5. The normalized spacial score (nSPS) is 11.4. The molecule has 25 heavy (non-hydrogen) atoms. The lowest BCUT2D eigenvalue weighted by Gasteiger charge is -2.10. The van der Waals surface area contributed by atoms with Crippen LogP contribution in [0.5, 0.6) is 0 Å². The number of benzene rings is 3. The first-order valence-corrected chi connectivity index (χ1v) is 9.35. The van der Waals surface area contributed by atoms with Gasteiger partial charge in [-0.25, -0.2) is 8.42 Å². The first-order chi connectivity index (χ1) is 12.0. The van der Waals surface area contributed by atoms with Crippen LogP contribution in [0.2, 0.25) is 5.02 Å². The van der Waals surface area contributed by atoms with E-state index in [-0.39, 0.29) is 11.3 Å². The lowest BCUT2D eigenvalue weighted by atomic mass is 10.0. The van der Waals surface area contributed by atoms with Gasteiger partial charge < -0.3 is 0 Å². The molecule has 0 spiro atoms. The van der Waals surface area contributed by atoms with E-state index in [1.54, 1.807) is 6.07 Å². The summed E-state index contributed by atoms with van der Waals surface area (Å²) in [6, 6.07) is 19.1. The molecule has 0 unspecified atom stereocenters. The Hall–Kier alpha value is -2.41. The molecule has 3 rings (SSSR count). The molecule has 0 radical (unpaired) electrons. The molecule has 0 heterocycles. The van der Waals surface area contributed by atoms with Crippen LogP contribution in [0, 0.1) is 0 Å². The molecule has 1 amide bonds. The minimum absolute atomic E-state index is 0.0227. The van der Waals surface area contributed by atoms with Gasteiger partial charge in [0.1, 0.15) is 0 Å². The van der Waals surface area contributed by atoms with Crippen LogP contribution in [-0.2, 0) is 21.2 Å². The first kappa shape index (κ1) is 17.4. The zero-order valence-corrected chi connectivity index (χ0v) is 14.6. The maximum Gasteiger partial charge on any atom is 0.257 e. The predicted molar refractivity (Wildman–Crippen MR) is 97.6 cm³/mol. The number of halogens is 1. The number of hydrogen-bond acceptors (Lipinski definition) is 3. The Kier molecular flexibility index (Phi) is 5.03. The van der Waals surface area contributed by atoms with E-state index in [0.29, 0.717) is 5.02 Å². The Balaban J connectivity index is 1.70. The van der Waals surface area contributed by atoms with Crippen molar-refractivity contribution >= 4 is 38.3 Å². The van der Waals surface area contributed by atoms with Gasteiger partial charge in [-0.3, -0.25) is 10.2 Å². The van der Waals surface area contributed by atoms with Crippen molar-refractivity contribution in [2.45, 2.75) is 11.3 Å². The molecular formula is C18H15ClN2O3S. The van der Waals surface area contributed by atoms with Crippen molar-refractivity contribution in [3.8, 4) is 0 Å². The Morgan fingerprint density at radius 2 is 1.68 bits per heavy atom. The summed E-state index contributed by atoms with van der Waals surface area (Å²) in [5, 5.41) is 2.27. The highest BCUT2D eigenvalue weighted by molar-refractivity contribution is 7.89. The van der Waals surface area contributed by atoms with Crippen molar-refractivity contribution in [2.75, 3.05) is 0 Å². The van der Waals surface area contributed by atoms with Crippen LogP contribution in [0.25, 0.3) is 10.8 Å². The molecule has 0 aliphatic heterocycles. The third-order valence-corrected chi connectivity index (χ3v) is 5.14. The standard InChI is InChI=1S/C18H15ClN2O3S/c19-15-8-4-9-16(12-15)25(23,24)21-20-18(22)11-14-7-3-6-13-5-1-2-10-17(13)14/h1-10,12,21H,11H2,(H,20,22). The van der Waals surface area contributed by atoms with Crippen LogP contribution in [0.4, 0.5) is 0 Å². The van der Waals surface area contributed by atoms with Gasteiger partial charge in [-0.05, 0) is 34.5 Å². The molecule has 0 saturated heterocycles. The van der Waals surface area contributed by atoms with Crippen molar-refractivity contribution in [3.05, 3.63) is 77.3 Å². The third-order valence-electron chi connectivity index (χ3n) is 3.66. The second-order valence-electron chi connectivity index (χ2n) is 5.43. The summed E-state index contributed by atoms with van der Waals surface area (Å²) in [5.41, 5.74) is 3.05. The van der Waals surface area contributed by atoms with E-state index in [1.165, 1.54) is 18.2 Å². The number of hydrogen-bond donors (Lipinski definition) is 2. The van der Waals surface area contributed by atoms with Crippen LogP contribution >= 0.6 is 11.6 Å². The van der Waals surface area contributed by atoms with Gasteiger partial charge in [-0.1, -0.05) is 60.1 Å². The quantitative estimate of drug-likeness (QED) is 0.674. The molecule has 3 aromatic rings. The van der Waals surface area contributed by atoms with Crippen molar-refractivity contribution in [3.63, 3.8) is 0 Å². The average molecular weight is 375 g/mol. The van der Waals surface area contributed by atoms with Gasteiger partial charge in [0, 0.05) is 5.02 Å². The van der Waals surface area contributed by atoms with Crippen molar-refractivity contribution in [1.29, 1.82) is 0 Å². The molecule has 0 bridgehead atoms. The molecule has 128 valence electrons. The van der Waals surface area contributed by atoms with Gasteiger partial charge in [0.15, 0.2) is 0 Å². The molecule has 3 aromatic carbocycles. The summed E-state index contributed by atoms with van der Waals surface area (Å²) < 4.78 is 24.3. The monoisotopic (exact) mass is 374 g/mol. The Morgan fingerprint density at radius 1 is 0.960 bits per heavy atom. The van der Waals surface area contributed by atoms with E-state index in [0.717, 1.165) is 16.3 Å². The van der Waals surface area contributed by atoms with E-state index in [9.17, 15) is 13.2 Å². The molecule has 0 fully saturated rings. The highest BCUT2D eigenvalue weighted by Gasteiger charge is 2.16. The van der Waals surface area contributed by atoms with Crippen molar-refractivity contribution in [2.24, 2.45) is 0 Å². The molecule has 0 atom stereocenters. The number of carbonyl (C=O) groups excluding carboxylic acids is 1. The molecule has 0 aliphatic carbocycles. The lowest BCUT2D eigenvalue weighted by Crippen LogP contribution is -2.42. The zero-order valence-electron chi connectivity index (χ0n) is 13.1. The number of hydrazine groups is 1. The fraction of sp³-hybridized carbons (Fsp3) is 0.0556. The van der Waals surface area contributed by atoms with E-state index in [4.69, 9.17) is 11.6 Å². The number of rotatable bonds is 5. The van der Waals surface area contributed by atoms with E-state index in [1.807, 2.05) is 42.5 Å². The van der Waals surface area contributed by atoms with Crippen LogP contribution in [0.3, 0.4) is 0 Å². The average Bonchev–Trinajstić information content (AvgIpc) is 2.60. The third kappa shape index (κ3) is 4.17. The fourth-order valence-electron chi connectivity index (χ4n) is 2.48. The predicted octanol–water partition coefficient (Wildman–Crippen LogP) is 3.05. The first-order valence-electron chi connectivity index (χ1n) is 7.48. The van der Waals surface area contributed by atoms with E-state index >= 15 is 0 Å². The van der Waals surface area contributed by atoms with Gasteiger partial charge in [-0.2, -0.15) is 0 Å².